The summed E-state index contributed by atoms with van der Waals surface area (Å²) in [6.45, 7) is 0.851. The molecule has 1 aliphatic heterocycles. The van der Waals surface area contributed by atoms with Crippen LogP contribution in [0.1, 0.15) is 5.56 Å². The van der Waals surface area contributed by atoms with E-state index in [0.717, 1.165) is 24.3 Å². The Balaban J connectivity index is 2.02. The Kier molecular flexibility index (Phi) is 3.58. The molecule has 5 nitrogen and oxygen atoms in total. The highest BCUT2D eigenvalue weighted by Gasteiger charge is 2.23. The van der Waals surface area contributed by atoms with Crippen LogP contribution in [0.4, 0.5) is 17.1 Å². The minimum absolute atomic E-state index is 0.214. The lowest BCUT2D eigenvalue weighted by Crippen LogP contribution is -2.22. The third-order valence-electron chi connectivity index (χ3n) is 3.96. The summed E-state index contributed by atoms with van der Waals surface area (Å²) in [7, 11) is -0.445. The van der Waals surface area contributed by atoms with Crippen molar-refractivity contribution in [1.29, 1.82) is 0 Å². The number of rotatable bonds is 3. The summed E-state index contributed by atoms with van der Waals surface area (Å²) in [5, 5.41) is 0. The molecule has 0 radical (unpaired) electrons. The summed E-state index contributed by atoms with van der Waals surface area (Å²) in [5.41, 5.74) is 9.87. The van der Waals surface area contributed by atoms with E-state index in [4.69, 9.17) is 5.73 Å². The van der Waals surface area contributed by atoms with Gasteiger partial charge in [0, 0.05) is 26.3 Å². The van der Waals surface area contributed by atoms with Gasteiger partial charge < -0.3 is 10.6 Å². The standard InChI is InChI=1S/C16H19N3O2S/c1-18(2)22(20,21)13-7-8-16(14(17)11-13)19-10-9-12-5-3-4-6-15(12)19/h3-8,11H,9-10,17H2,1-2H3. The fourth-order valence-electron chi connectivity index (χ4n) is 2.74. The molecule has 22 heavy (non-hydrogen) atoms. The van der Waals surface area contributed by atoms with Crippen LogP contribution in [0.2, 0.25) is 0 Å². The van der Waals surface area contributed by atoms with Gasteiger partial charge in [-0.05, 0) is 36.2 Å². The van der Waals surface area contributed by atoms with Crippen molar-refractivity contribution in [3.8, 4) is 0 Å². The number of sulfonamides is 1. The molecule has 0 atom stereocenters. The van der Waals surface area contributed by atoms with Gasteiger partial charge in [-0.3, -0.25) is 0 Å². The summed E-state index contributed by atoms with van der Waals surface area (Å²) in [6.07, 6.45) is 0.966. The molecule has 2 aromatic carbocycles. The summed E-state index contributed by atoms with van der Waals surface area (Å²) in [5.74, 6) is 0. The third kappa shape index (κ3) is 2.34. The van der Waals surface area contributed by atoms with Crippen LogP contribution >= 0.6 is 0 Å². The quantitative estimate of drug-likeness (QED) is 0.882. The number of nitrogen functional groups attached to an aromatic ring is 1. The molecular weight excluding hydrogens is 298 g/mol. The van der Waals surface area contributed by atoms with Gasteiger partial charge in [0.25, 0.3) is 0 Å². The molecule has 3 rings (SSSR count). The second-order valence-electron chi connectivity index (χ2n) is 5.54. The molecule has 6 heteroatoms. The number of benzene rings is 2. The number of nitrogens with zero attached hydrogens (tertiary/aromatic N) is 2. The van der Waals surface area contributed by atoms with E-state index in [2.05, 4.69) is 17.0 Å². The van der Waals surface area contributed by atoms with Crippen molar-refractivity contribution in [2.24, 2.45) is 0 Å². The monoisotopic (exact) mass is 317 g/mol. The van der Waals surface area contributed by atoms with Crippen molar-refractivity contribution < 1.29 is 8.42 Å². The molecule has 1 aliphatic rings. The van der Waals surface area contributed by atoms with Gasteiger partial charge in [0.2, 0.25) is 10.0 Å². The molecule has 0 aliphatic carbocycles. The summed E-state index contributed by atoms with van der Waals surface area (Å²) in [4.78, 5) is 2.35. The van der Waals surface area contributed by atoms with Crippen LogP contribution in [-0.4, -0.2) is 33.4 Å². The van der Waals surface area contributed by atoms with E-state index < -0.39 is 10.0 Å². The van der Waals surface area contributed by atoms with Gasteiger partial charge in [0.05, 0.1) is 16.3 Å². The summed E-state index contributed by atoms with van der Waals surface area (Å²) in [6, 6.07) is 13.1. The molecule has 1 heterocycles. The molecule has 2 aromatic rings. The molecule has 0 saturated carbocycles. The fourth-order valence-corrected chi connectivity index (χ4v) is 3.68. The largest absolute Gasteiger partial charge is 0.397 e. The van der Waals surface area contributed by atoms with Crippen molar-refractivity contribution in [2.45, 2.75) is 11.3 Å². The molecule has 0 aromatic heterocycles. The van der Waals surface area contributed by atoms with Crippen molar-refractivity contribution >= 4 is 27.1 Å². The van der Waals surface area contributed by atoms with E-state index in [9.17, 15) is 8.42 Å². The molecule has 0 spiro atoms. The number of anilines is 3. The Morgan fingerprint density at radius 3 is 2.50 bits per heavy atom. The van der Waals surface area contributed by atoms with Gasteiger partial charge in [-0.25, -0.2) is 12.7 Å². The topological polar surface area (TPSA) is 66.6 Å². The lowest BCUT2D eigenvalue weighted by Gasteiger charge is -2.22. The zero-order chi connectivity index (χ0) is 15.9. The Hall–Kier alpha value is -2.05. The molecule has 0 saturated heterocycles. The zero-order valence-corrected chi connectivity index (χ0v) is 13.5. The maximum Gasteiger partial charge on any atom is 0.242 e. The van der Waals surface area contributed by atoms with Crippen LogP contribution < -0.4 is 10.6 Å². The third-order valence-corrected chi connectivity index (χ3v) is 5.77. The van der Waals surface area contributed by atoms with Crippen LogP contribution in [-0.2, 0) is 16.4 Å². The number of para-hydroxylation sites is 1. The van der Waals surface area contributed by atoms with Crippen LogP contribution in [0.25, 0.3) is 0 Å². The SMILES string of the molecule is CN(C)S(=O)(=O)c1ccc(N2CCc3ccccc32)c(N)c1. The van der Waals surface area contributed by atoms with Crippen LogP contribution in [0.3, 0.4) is 0 Å². The number of hydrogen-bond donors (Lipinski definition) is 1. The Bertz CT molecular complexity index is 816. The van der Waals surface area contributed by atoms with Crippen LogP contribution in [0, 0.1) is 0 Å². The second kappa shape index (κ2) is 5.30. The molecule has 0 fully saturated rings. The minimum atomic E-state index is -3.47. The van der Waals surface area contributed by atoms with Crippen molar-refractivity contribution in [1.82, 2.24) is 4.31 Å². The molecule has 0 bridgehead atoms. The van der Waals surface area contributed by atoms with Gasteiger partial charge >= 0.3 is 0 Å². The Morgan fingerprint density at radius 1 is 1.09 bits per heavy atom. The van der Waals surface area contributed by atoms with Crippen molar-refractivity contribution in [2.75, 3.05) is 31.3 Å². The molecule has 2 N–H and O–H groups in total. The highest BCUT2D eigenvalue weighted by molar-refractivity contribution is 7.89. The Morgan fingerprint density at radius 2 is 1.82 bits per heavy atom. The van der Waals surface area contributed by atoms with E-state index in [-0.39, 0.29) is 4.90 Å². The molecule has 0 amide bonds. The van der Waals surface area contributed by atoms with Gasteiger partial charge in [0.1, 0.15) is 0 Å². The van der Waals surface area contributed by atoms with Crippen LogP contribution in [0.15, 0.2) is 47.4 Å². The van der Waals surface area contributed by atoms with Crippen molar-refractivity contribution in [3.05, 3.63) is 48.0 Å². The van der Waals surface area contributed by atoms with Gasteiger partial charge in [0.15, 0.2) is 0 Å². The molecule has 116 valence electrons. The first-order valence-electron chi connectivity index (χ1n) is 7.09. The summed E-state index contributed by atoms with van der Waals surface area (Å²) >= 11 is 0. The predicted octanol–water partition coefficient (Wildman–Crippen LogP) is 2.21. The van der Waals surface area contributed by atoms with Gasteiger partial charge in [-0.15, -0.1) is 0 Å². The fraction of sp³-hybridized carbons (Fsp3) is 0.250. The summed E-state index contributed by atoms with van der Waals surface area (Å²) < 4.78 is 25.5. The first-order chi connectivity index (χ1) is 10.4. The second-order valence-corrected chi connectivity index (χ2v) is 7.69. The molecule has 0 unspecified atom stereocenters. The number of hydrogen-bond acceptors (Lipinski definition) is 4. The van der Waals surface area contributed by atoms with E-state index in [1.54, 1.807) is 12.1 Å². The average molecular weight is 317 g/mol. The smallest absolute Gasteiger partial charge is 0.242 e. The minimum Gasteiger partial charge on any atom is -0.397 e. The number of fused-ring (bicyclic) bond motifs is 1. The van der Waals surface area contributed by atoms with E-state index in [1.165, 1.54) is 30.0 Å². The first-order valence-corrected chi connectivity index (χ1v) is 8.53. The van der Waals surface area contributed by atoms with Crippen LogP contribution in [0.5, 0.6) is 0 Å². The van der Waals surface area contributed by atoms with Gasteiger partial charge in [-0.1, -0.05) is 18.2 Å². The van der Waals surface area contributed by atoms with E-state index in [0.29, 0.717) is 5.69 Å². The molecular formula is C16H19N3O2S. The van der Waals surface area contributed by atoms with Crippen molar-refractivity contribution in [3.63, 3.8) is 0 Å². The highest BCUT2D eigenvalue weighted by atomic mass is 32.2. The zero-order valence-electron chi connectivity index (χ0n) is 12.7. The highest BCUT2D eigenvalue weighted by Crippen LogP contribution is 2.38. The number of nitrogens with two attached hydrogens (primary N) is 1. The van der Waals surface area contributed by atoms with E-state index >= 15 is 0 Å². The lowest BCUT2D eigenvalue weighted by atomic mass is 10.2. The Labute approximate surface area is 131 Å². The average Bonchev–Trinajstić information content (AvgIpc) is 2.91. The maximum absolute atomic E-state index is 12.2. The van der Waals surface area contributed by atoms with E-state index in [1.807, 2.05) is 12.1 Å². The maximum atomic E-state index is 12.2. The van der Waals surface area contributed by atoms with Gasteiger partial charge in [-0.2, -0.15) is 0 Å². The normalized spacial score (nSPS) is 14.4. The lowest BCUT2D eigenvalue weighted by molar-refractivity contribution is 0.521. The first kappa shape index (κ1) is 14.9. The predicted molar refractivity (Wildman–Crippen MR) is 88.9 cm³/mol.